The van der Waals surface area contributed by atoms with Gasteiger partial charge in [0, 0.05) is 9.35 Å². The second-order valence-electron chi connectivity index (χ2n) is 3.83. The Morgan fingerprint density at radius 3 is 2.69 bits per heavy atom. The van der Waals surface area contributed by atoms with E-state index in [-0.39, 0.29) is 11.5 Å². The number of rotatable bonds is 2. The van der Waals surface area contributed by atoms with Crippen molar-refractivity contribution in [2.75, 3.05) is 0 Å². The first kappa shape index (κ1) is 9.97. The summed E-state index contributed by atoms with van der Waals surface area (Å²) >= 11 is 10.7. The van der Waals surface area contributed by atoms with Gasteiger partial charge in [0.25, 0.3) is 0 Å². The van der Waals surface area contributed by atoms with E-state index in [9.17, 15) is 5.11 Å². The minimum Gasteiger partial charge on any atom is -0.387 e. The number of aliphatic hydroxyl groups excluding tert-OH is 1. The standard InChI is InChI=1S/C9H10BrClOS/c1-9(2-3-9)7(12)6-4-5(10)8(11)13-6/h4,7,12H,2-3H2,1H3. The highest BCUT2D eigenvalue weighted by Gasteiger charge is 2.45. The van der Waals surface area contributed by atoms with Crippen LogP contribution in [-0.2, 0) is 0 Å². The molecule has 1 fully saturated rings. The van der Waals surface area contributed by atoms with Gasteiger partial charge in [-0.2, -0.15) is 0 Å². The molecule has 1 saturated carbocycles. The van der Waals surface area contributed by atoms with Crippen molar-refractivity contribution in [2.45, 2.75) is 25.9 Å². The molecular weight excluding hydrogens is 272 g/mol. The highest BCUT2D eigenvalue weighted by atomic mass is 79.9. The fourth-order valence-corrected chi connectivity index (χ4v) is 3.21. The zero-order valence-electron chi connectivity index (χ0n) is 7.18. The quantitative estimate of drug-likeness (QED) is 0.869. The molecule has 0 radical (unpaired) electrons. The molecule has 0 saturated heterocycles. The molecule has 0 bridgehead atoms. The SMILES string of the molecule is CC1(C(O)c2cc(Br)c(Cl)s2)CC1. The molecule has 1 aromatic rings. The van der Waals surface area contributed by atoms with Crippen LogP contribution in [0.4, 0.5) is 0 Å². The number of hydrogen-bond donors (Lipinski definition) is 1. The Labute approximate surface area is 94.9 Å². The molecule has 1 N–H and O–H groups in total. The van der Waals surface area contributed by atoms with E-state index in [0.717, 1.165) is 26.5 Å². The third-order valence-corrected chi connectivity index (χ3v) is 5.16. The van der Waals surface area contributed by atoms with Crippen molar-refractivity contribution < 1.29 is 5.11 Å². The molecule has 1 aliphatic rings. The van der Waals surface area contributed by atoms with Gasteiger partial charge in [-0.3, -0.25) is 0 Å². The highest BCUT2D eigenvalue weighted by Crippen LogP contribution is 2.56. The summed E-state index contributed by atoms with van der Waals surface area (Å²) in [5.41, 5.74) is 0.105. The van der Waals surface area contributed by atoms with Crippen molar-refractivity contribution in [1.82, 2.24) is 0 Å². The minimum absolute atomic E-state index is 0.105. The third-order valence-electron chi connectivity index (χ3n) is 2.63. The Bertz CT molecular complexity index is 313. The van der Waals surface area contributed by atoms with Crippen LogP contribution in [0.2, 0.25) is 4.34 Å². The summed E-state index contributed by atoms with van der Waals surface area (Å²) in [4.78, 5) is 0.969. The summed E-state index contributed by atoms with van der Waals surface area (Å²) in [6.45, 7) is 2.11. The van der Waals surface area contributed by atoms with Crippen LogP contribution in [-0.4, -0.2) is 5.11 Å². The van der Waals surface area contributed by atoms with Gasteiger partial charge in [0.2, 0.25) is 0 Å². The molecular formula is C9H10BrClOS. The fraction of sp³-hybridized carbons (Fsp3) is 0.556. The van der Waals surface area contributed by atoms with Crippen LogP contribution in [0.25, 0.3) is 0 Å². The maximum absolute atomic E-state index is 9.99. The van der Waals surface area contributed by atoms with Crippen LogP contribution >= 0.6 is 38.9 Å². The normalized spacial score (nSPS) is 21.5. The van der Waals surface area contributed by atoms with E-state index in [4.69, 9.17) is 11.6 Å². The Balaban J connectivity index is 2.25. The van der Waals surface area contributed by atoms with Crippen LogP contribution in [0.15, 0.2) is 10.5 Å². The molecule has 0 spiro atoms. The molecule has 0 amide bonds. The molecule has 0 aromatic carbocycles. The first-order chi connectivity index (χ1) is 6.03. The zero-order chi connectivity index (χ0) is 9.64. The van der Waals surface area contributed by atoms with Gasteiger partial charge in [-0.15, -0.1) is 11.3 Å². The number of halogens is 2. The lowest BCUT2D eigenvalue weighted by Gasteiger charge is -2.14. The molecule has 4 heteroatoms. The first-order valence-corrected chi connectivity index (χ1v) is 6.14. The van der Waals surface area contributed by atoms with Crippen LogP contribution in [0.3, 0.4) is 0 Å². The molecule has 1 aliphatic carbocycles. The van der Waals surface area contributed by atoms with Gasteiger partial charge in [-0.05, 0) is 40.3 Å². The van der Waals surface area contributed by atoms with Gasteiger partial charge in [0.15, 0.2) is 0 Å². The Morgan fingerprint density at radius 2 is 2.31 bits per heavy atom. The Kier molecular flexibility index (Phi) is 2.47. The van der Waals surface area contributed by atoms with Gasteiger partial charge in [0.05, 0.1) is 6.10 Å². The Hall–Kier alpha value is 0.430. The van der Waals surface area contributed by atoms with E-state index in [1.165, 1.54) is 11.3 Å². The van der Waals surface area contributed by atoms with Crippen molar-refractivity contribution in [3.8, 4) is 0 Å². The molecule has 1 atom stereocenters. The van der Waals surface area contributed by atoms with E-state index < -0.39 is 0 Å². The van der Waals surface area contributed by atoms with Gasteiger partial charge >= 0.3 is 0 Å². The van der Waals surface area contributed by atoms with Crippen molar-refractivity contribution in [2.24, 2.45) is 5.41 Å². The van der Waals surface area contributed by atoms with E-state index in [0.29, 0.717) is 0 Å². The zero-order valence-corrected chi connectivity index (χ0v) is 10.3. The number of hydrogen-bond acceptors (Lipinski definition) is 2. The van der Waals surface area contributed by atoms with Crippen molar-refractivity contribution in [3.63, 3.8) is 0 Å². The molecule has 1 heterocycles. The third kappa shape index (κ3) is 1.80. The molecule has 72 valence electrons. The minimum atomic E-state index is -0.346. The van der Waals surface area contributed by atoms with Crippen molar-refractivity contribution in [1.29, 1.82) is 0 Å². The predicted molar refractivity (Wildman–Crippen MR) is 59.3 cm³/mol. The van der Waals surface area contributed by atoms with Gasteiger partial charge in [0.1, 0.15) is 4.34 Å². The van der Waals surface area contributed by atoms with Gasteiger partial charge < -0.3 is 5.11 Å². The lowest BCUT2D eigenvalue weighted by atomic mass is 10.0. The van der Waals surface area contributed by atoms with Gasteiger partial charge in [-0.25, -0.2) is 0 Å². The second kappa shape index (κ2) is 3.23. The predicted octanol–water partition coefficient (Wildman–Crippen LogP) is 4.00. The largest absolute Gasteiger partial charge is 0.387 e. The summed E-state index contributed by atoms with van der Waals surface area (Å²) in [6, 6.07) is 1.92. The smallest absolute Gasteiger partial charge is 0.107 e. The molecule has 2 rings (SSSR count). The lowest BCUT2D eigenvalue weighted by Crippen LogP contribution is -2.07. The summed E-state index contributed by atoms with van der Waals surface area (Å²) in [5, 5.41) is 9.99. The number of thiophene rings is 1. The summed E-state index contributed by atoms with van der Waals surface area (Å²) in [7, 11) is 0. The van der Waals surface area contributed by atoms with Crippen LogP contribution in [0.5, 0.6) is 0 Å². The summed E-state index contributed by atoms with van der Waals surface area (Å²) < 4.78 is 1.61. The molecule has 0 aliphatic heterocycles. The second-order valence-corrected chi connectivity index (χ2v) is 6.37. The molecule has 1 unspecified atom stereocenters. The van der Waals surface area contributed by atoms with Gasteiger partial charge in [-0.1, -0.05) is 18.5 Å². The van der Waals surface area contributed by atoms with Crippen molar-refractivity contribution >= 4 is 38.9 Å². The topological polar surface area (TPSA) is 20.2 Å². The Morgan fingerprint density at radius 1 is 1.69 bits per heavy atom. The summed E-state index contributed by atoms with van der Waals surface area (Å²) in [6.07, 6.45) is 1.88. The number of aliphatic hydroxyl groups is 1. The fourth-order valence-electron chi connectivity index (χ4n) is 1.31. The maximum atomic E-state index is 9.99. The van der Waals surface area contributed by atoms with E-state index in [1.807, 2.05) is 6.07 Å². The van der Waals surface area contributed by atoms with E-state index >= 15 is 0 Å². The molecule has 13 heavy (non-hydrogen) atoms. The molecule has 1 nitrogen and oxygen atoms in total. The van der Waals surface area contributed by atoms with Crippen LogP contribution in [0, 0.1) is 5.41 Å². The lowest BCUT2D eigenvalue weighted by molar-refractivity contribution is 0.107. The van der Waals surface area contributed by atoms with E-state index in [1.54, 1.807) is 0 Å². The average molecular weight is 282 g/mol. The average Bonchev–Trinajstić information content (AvgIpc) is 2.74. The van der Waals surface area contributed by atoms with Crippen molar-refractivity contribution in [3.05, 3.63) is 19.8 Å². The van der Waals surface area contributed by atoms with Crippen LogP contribution in [0.1, 0.15) is 30.7 Å². The highest BCUT2D eigenvalue weighted by molar-refractivity contribution is 9.10. The maximum Gasteiger partial charge on any atom is 0.107 e. The van der Waals surface area contributed by atoms with E-state index in [2.05, 4.69) is 22.9 Å². The first-order valence-electron chi connectivity index (χ1n) is 4.16. The van der Waals surface area contributed by atoms with Crippen LogP contribution < -0.4 is 0 Å². The molecule has 1 aromatic heterocycles. The monoisotopic (exact) mass is 280 g/mol. The summed E-state index contributed by atoms with van der Waals surface area (Å²) in [5.74, 6) is 0.